The third-order valence-electron chi connectivity index (χ3n) is 9.61. The molecule has 11 aromatic rings. The predicted octanol–water partition coefficient (Wildman–Crippen LogP) is 13.6. The Morgan fingerprint density at radius 2 is 1.15 bits per heavy atom. The van der Waals surface area contributed by atoms with Gasteiger partial charge in [-0.2, -0.15) is 0 Å². The second-order valence-electron chi connectivity index (χ2n) is 12.9. The summed E-state index contributed by atoms with van der Waals surface area (Å²) >= 11 is 1.65. The molecule has 0 atom stereocenters. The minimum absolute atomic E-state index is 0.0622. The standard InChI is InChI=1S/C49H29N3OS/c1-3-11-30(12-4-1)33-16-9-17-34(27-33)47-50-48(35-22-24-39-40-25-21-32-15-7-8-18-38(32)46(40)53-42(39)28-35)52-49(51-47)36-23-26-41-44(29-36)54-43-20-10-19-37(45(41)43)31-13-5-2-6-14-31/h1-29H/i7D,8D,15D,18D,21D,22D,24D,25D,28D. The normalized spacial score (nSPS) is 14.0. The van der Waals surface area contributed by atoms with E-state index in [9.17, 15) is 4.11 Å². The van der Waals surface area contributed by atoms with E-state index >= 15 is 0 Å². The number of thiophene rings is 1. The maximum Gasteiger partial charge on any atom is 0.164 e. The Hall–Kier alpha value is -6.95. The number of rotatable bonds is 5. The molecule has 11 rings (SSSR count). The smallest absolute Gasteiger partial charge is 0.164 e. The zero-order valence-corrected chi connectivity index (χ0v) is 29.0. The fourth-order valence-corrected chi connectivity index (χ4v) is 8.23. The Bertz CT molecular complexity index is 3740. The largest absolute Gasteiger partial charge is 0.455 e. The molecule has 0 fully saturated rings. The van der Waals surface area contributed by atoms with Crippen LogP contribution in [0.1, 0.15) is 12.3 Å². The van der Waals surface area contributed by atoms with Crippen molar-refractivity contribution in [2.24, 2.45) is 0 Å². The highest BCUT2D eigenvalue weighted by Crippen LogP contribution is 2.42. The van der Waals surface area contributed by atoms with Crippen LogP contribution in [0.2, 0.25) is 0 Å². The van der Waals surface area contributed by atoms with Crippen molar-refractivity contribution in [2.45, 2.75) is 0 Å². The van der Waals surface area contributed by atoms with Gasteiger partial charge < -0.3 is 4.42 Å². The van der Waals surface area contributed by atoms with Crippen LogP contribution in [0.15, 0.2) is 180 Å². The first-order valence-corrected chi connectivity index (χ1v) is 18.1. The van der Waals surface area contributed by atoms with Crippen molar-refractivity contribution < 1.29 is 16.8 Å². The third-order valence-corrected chi connectivity index (χ3v) is 10.7. The van der Waals surface area contributed by atoms with Crippen molar-refractivity contribution >= 4 is 64.2 Å². The molecular weight excluding hydrogens is 679 g/mol. The van der Waals surface area contributed by atoms with Crippen LogP contribution >= 0.6 is 11.3 Å². The van der Waals surface area contributed by atoms with E-state index in [4.69, 9.17) is 27.6 Å². The average Bonchev–Trinajstić information content (AvgIpc) is 3.91. The van der Waals surface area contributed by atoms with Gasteiger partial charge in [0.1, 0.15) is 11.2 Å². The third kappa shape index (κ3) is 5.09. The monoisotopic (exact) mass is 716 g/mol. The van der Waals surface area contributed by atoms with E-state index in [1.807, 2.05) is 84.9 Å². The van der Waals surface area contributed by atoms with Gasteiger partial charge >= 0.3 is 0 Å². The van der Waals surface area contributed by atoms with Gasteiger partial charge in [-0.15, -0.1) is 11.3 Å². The lowest BCUT2D eigenvalue weighted by atomic mass is 9.99. The van der Waals surface area contributed by atoms with Crippen LogP contribution in [0.5, 0.6) is 0 Å². The van der Waals surface area contributed by atoms with Crippen LogP contribution in [-0.2, 0) is 0 Å². The second kappa shape index (κ2) is 12.3. The van der Waals surface area contributed by atoms with Gasteiger partial charge in [0.2, 0.25) is 0 Å². The van der Waals surface area contributed by atoms with Gasteiger partial charge in [0.05, 0.1) is 12.3 Å². The van der Waals surface area contributed by atoms with Crippen molar-refractivity contribution in [1.29, 1.82) is 0 Å². The average molecular weight is 717 g/mol. The Labute approximate surface area is 327 Å². The summed E-state index contributed by atoms with van der Waals surface area (Å²) in [4.78, 5) is 14.8. The van der Waals surface area contributed by atoms with Crippen LogP contribution in [0.3, 0.4) is 0 Å². The zero-order chi connectivity index (χ0) is 43.4. The molecule has 0 aliphatic heterocycles. The van der Waals surface area contributed by atoms with Crippen LogP contribution in [0, 0.1) is 0 Å². The van der Waals surface area contributed by atoms with Crippen molar-refractivity contribution in [3.63, 3.8) is 0 Å². The fourth-order valence-electron chi connectivity index (χ4n) is 7.05. The van der Waals surface area contributed by atoms with Gasteiger partial charge in [-0.3, -0.25) is 0 Å². The maximum absolute atomic E-state index is 9.55. The lowest BCUT2D eigenvalue weighted by Crippen LogP contribution is -2.00. The first-order valence-electron chi connectivity index (χ1n) is 21.8. The summed E-state index contributed by atoms with van der Waals surface area (Å²) in [6, 6.07) is 35.9. The number of nitrogens with zero attached hydrogens (tertiary/aromatic N) is 3. The molecule has 3 heterocycles. The highest BCUT2D eigenvalue weighted by atomic mass is 32.1. The minimum atomic E-state index is -0.562. The summed E-state index contributed by atoms with van der Waals surface area (Å²) in [6.45, 7) is 0. The van der Waals surface area contributed by atoms with Crippen LogP contribution in [0.4, 0.5) is 0 Å². The minimum Gasteiger partial charge on any atom is -0.455 e. The summed E-state index contributed by atoms with van der Waals surface area (Å²) in [6.07, 6.45) is 0. The van der Waals surface area contributed by atoms with Gasteiger partial charge in [0, 0.05) is 53.0 Å². The van der Waals surface area contributed by atoms with E-state index in [-0.39, 0.29) is 61.8 Å². The van der Waals surface area contributed by atoms with Crippen molar-refractivity contribution in [1.82, 2.24) is 15.0 Å². The molecule has 4 nitrogen and oxygen atoms in total. The van der Waals surface area contributed by atoms with Gasteiger partial charge in [0.15, 0.2) is 17.5 Å². The van der Waals surface area contributed by atoms with Crippen LogP contribution < -0.4 is 0 Å². The Morgan fingerprint density at radius 3 is 1.98 bits per heavy atom. The van der Waals surface area contributed by atoms with E-state index in [0.717, 1.165) is 42.4 Å². The summed E-state index contributed by atoms with van der Waals surface area (Å²) < 4.78 is 88.2. The topological polar surface area (TPSA) is 51.8 Å². The van der Waals surface area contributed by atoms with Crippen molar-refractivity contribution in [3.05, 3.63) is 176 Å². The van der Waals surface area contributed by atoms with Gasteiger partial charge in [-0.05, 0) is 64.0 Å². The maximum atomic E-state index is 9.55. The molecule has 8 aromatic carbocycles. The van der Waals surface area contributed by atoms with E-state index < -0.39 is 48.3 Å². The molecule has 252 valence electrons. The number of hydrogen-bond donors (Lipinski definition) is 0. The lowest BCUT2D eigenvalue weighted by molar-refractivity contribution is 0.673. The molecule has 0 aliphatic rings. The first-order chi connectivity index (χ1) is 30.5. The van der Waals surface area contributed by atoms with E-state index in [2.05, 4.69) is 36.4 Å². The van der Waals surface area contributed by atoms with Crippen molar-refractivity contribution in [3.8, 4) is 56.4 Å². The molecule has 0 amide bonds. The molecule has 0 aliphatic carbocycles. The molecular formula is C49H29N3OS. The molecule has 0 saturated carbocycles. The van der Waals surface area contributed by atoms with E-state index in [0.29, 0.717) is 11.1 Å². The van der Waals surface area contributed by atoms with Crippen LogP contribution in [-0.4, -0.2) is 15.0 Å². The highest BCUT2D eigenvalue weighted by Gasteiger charge is 2.18. The van der Waals surface area contributed by atoms with Crippen LogP contribution in [0.25, 0.3) is 109 Å². The summed E-state index contributed by atoms with van der Waals surface area (Å²) in [5, 5.41) is 1.68. The fraction of sp³-hybridized carbons (Fsp3) is 0. The first kappa shape index (κ1) is 22.9. The molecule has 0 saturated heterocycles. The Kier molecular flexibility index (Phi) is 5.22. The quantitative estimate of drug-likeness (QED) is 0.178. The molecule has 0 radical (unpaired) electrons. The van der Waals surface area contributed by atoms with Gasteiger partial charge in [-0.1, -0.05) is 139 Å². The highest BCUT2D eigenvalue weighted by molar-refractivity contribution is 7.26. The number of fused-ring (bicyclic) bond motifs is 8. The molecule has 0 bridgehead atoms. The predicted molar refractivity (Wildman–Crippen MR) is 225 cm³/mol. The number of aromatic nitrogens is 3. The zero-order valence-electron chi connectivity index (χ0n) is 37.2. The van der Waals surface area contributed by atoms with Gasteiger partial charge in [0.25, 0.3) is 0 Å². The molecule has 0 N–H and O–H groups in total. The molecule has 54 heavy (non-hydrogen) atoms. The number of benzene rings is 8. The molecule has 3 aromatic heterocycles. The Morgan fingerprint density at radius 1 is 0.463 bits per heavy atom. The summed E-state index contributed by atoms with van der Waals surface area (Å²) in [5.74, 6) is 0.472. The second-order valence-corrected chi connectivity index (χ2v) is 14.0. The molecule has 0 spiro atoms. The van der Waals surface area contributed by atoms with Gasteiger partial charge in [-0.25, -0.2) is 15.0 Å². The number of hydrogen-bond acceptors (Lipinski definition) is 5. The Balaban J connectivity index is 1.16. The lowest BCUT2D eigenvalue weighted by Gasteiger charge is -2.10. The summed E-state index contributed by atoms with van der Waals surface area (Å²) in [5.41, 5.74) is 4.94. The number of furan rings is 1. The van der Waals surface area contributed by atoms with E-state index in [1.54, 1.807) is 11.3 Å². The summed E-state index contributed by atoms with van der Waals surface area (Å²) in [7, 11) is 0. The SMILES string of the molecule is [2H]c1c([2H])c([2H])c2c(c1[2H])c([2H])c([2H])c1c2oc2c([2H])c(-c3nc(-c4cccc(-c5ccccc5)c4)nc(-c4ccc5c(c4)sc4cccc(-c6ccccc6)c45)n3)c([2H])c([2H])c21. The van der Waals surface area contributed by atoms with E-state index in [1.165, 1.54) is 0 Å². The molecule has 0 unspecified atom stereocenters. The van der Waals surface area contributed by atoms with Crippen molar-refractivity contribution in [2.75, 3.05) is 0 Å². The molecule has 5 heteroatoms.